The second kappa shape index (κ2) is 6.93. The largest absolute Gasteiger partial charge is 0.297 e. The van der Waals surface area contributed by atoms with E-state index in [0.29, 0.717) is 23.6 Å². The number of hydrogen-bond donors (Lipinski definition) is 0. The van der Waals surface area contributed by atoms with E-state index in [1.165, 1.54) is 4.41 Å². The summed E-state index contributed by atoms with van der Waals surface area (Å²) in [6, 6.07) is 13.0. The molecule has 0 unspecified atom stereocenters. The minimum Gasteiger partial charge on any atom is -0.297 e. The Morgan fingerprint density at radius 3 is 2.33 bits per heavy atom. The summed E-state index contributed by atoms with van der Waals surface area (Å²) in [5, 5.41) is 2.24. The highest BCUT2D eigenvalue weighted by atomic mass is 35.5. The number of anilines is 1. The Labute approximate surface area is 164 Å². The Bertz CT molecular complexity index is 958. The summed E-state index contributed by atoms with van der Waals surface area (Å²) < 4.78 is 28.5. The molecule has 0 amide bonds. The highest BCUT2D eigenvalue weighted by Gasteiger charge is 2.48. The van der Waals surface area contributed by atoms with Crippen molar-refractivity contribution in [1.29, 1.82) is 0 Å². The van der Waals surface area contributed by atoms with Crippen LogP contribution in [0.4, 0.5) is 5.69 Å². The Morgan fingerprint density at radius 2 is 1.67 bits per heavy atom. The summed E-state index contributed by atoms with van der Waals surface area (Å²) in [6.45, 7) is 1.92. The number of sulfonamides is 1. The molecule has 3 aliphatic rings. The van der Waals surface area contributed by atoms with Crippen molar-refractivity contribution >= 4 is 33.1 Å². The minimum atomic E-state index is -3.79. The first-order valence-corrected chi connectivity index (χ1v) is 10.9. The van der Waals surface area contributed by atoms with E-state index in [-0.39, 0.29) is 23.1 Å². The number of carbonyl (C=O) groups is 1. The van der Waals surface area contributed by atoms with E-state index in [0.717, 1.165) is 12.0 Å². The van der Waals surface area contributed by atoms with Crippen molar-refractivity contribution in [3.05, 3.63) is 59.1 Å². The van der Waals surface area contributed by atoms with E-state index in [1.807, 2.05) is 6.92 Å². The van der Waals surface area contributed by atoms with Crippen LogP contribution in [0.3, 0.4) is 0 Å². The SMILES string of the molecule is Cc1ccc(S(=O)(=O)N2[C@@H]3CCC[C@@H](C(=O)C3)N2c2ccc(Cl)cc2)cc1. The lowest BCUT2D eigenvalue weighted by atomic mass is 10.0. The second-order valence-corrected chi connectivity index (χ2v) is 9.41. The molecular formula is C20H21ClN2O3S. The number of rotatable bonds is 3. The molecule has 3 fully saturated rings. The van der Waals surface area contributed by atoms with Gasteiger partial charge in [-0.15, -0.1) is 4.41 Å². The maximum Gasteiger partial charge on any atom is 0.260 e. The third-order valence-corrected chi connectivity index (χ3v) is 7.39. The smallest absolute Gasteiger partial charge is 0.260 e. The Kier molecular flexibility index (Phi) is 4.74. The summed E-state index contributed by atoms with van der Waals surface area (Å²) in [7, 11) is -3.79. The molecule has 2 aromatic carbocycles. The van der Waals surface area contributed by atoms with Crippen LogP contribution in [0.25, 0.3) is 0 Å². The molecule has 2 heterocycles. The van der Waals surface area contributed by atoms with Crippen LogP contribution >= 0.6 is 11.6 Å². The van der Waals surface area contributed by atoms with Crippen LogP contribution in [0.15, 0.2) is 53.4 Å². The van der Waals surface area contributed by atoms with Gasteiger partial charge in [-0.3, -0.25) is 9.80 Å². The fourth-order valence-electron chi connectivity index (χ4n) is 3.96. The standard InChI is InChI=1S/C20H21ClN2O3S/c1-14-5-11-18(12-6-14)27(25,26)23-17-3-2-4-19(20(24)13-17)22(23)16-9-7-15(21)8-10-16/h5-12,17,19H,2-4,13H2,1H3/t17-,19+/m1/s1. The van der Waals surface area contributed by atoms with Gasteiger partial charge in [0.2, 0.25) is 0 Å². The van der Waals surface area contributed by atoms with Gasteiger partial charge in [0.1, 0.15) is 6.04 Å². The average Bonchev–Trinajstić information content (AvgIpc) is 2.94. The molecule has 142 valence electrons. The number of halogens is 1. The van der Waals surface area contributed by atoms with Gasteiger partial charge < -0.3 is 0 Å². The summed E-state index contributed by atoms with van der Waals surface area (Å²) in [5.41, 5.74) is 1.66. The number of carbonyl (C=O) groups excluding carboxylic acids is 1. The average molecular weight is 405 g/mol. The molecule has 7 heteroatoms. The molecule has 2 aromatic rings. The predicted octanol–water partition coefficient (Wildman–Crippen LogP) is 3.95. The van der Waals surface area contributed by atoms with Crippen LogP contribution in [-0.2, 0) is 14.8 Å². The van der Waals surface area contributed by atoms with Crippen LogP contribution in [0.1, 0.15) is 31.2 Å². The molecule has 2 bridgehead atoms. The number of ketones is 1. The van der Waals surface area contributed by atoms with E-state index in [2.05, 4.69) is 0 Å². The second-order valence-electron chi connectivity index (χ2n) is 7.18. The Balaban J connectivity index is 1.85. The van der Waals surface area contributed by atoms with Gasteiger partial charge in [-0.05, 0) is 62.6 Å². The molecule has 2 saturated heterocycles. The van der Waals surface area contributed by atoms with Gasteiger partial charge in [-0.25, -0.2) is 8.42 Å². The van der Waals surface area contributed by atoms with Crippen molar-refractivity contribution in [2.75, 3.05) is 5.01 Å². The lowest BCUT2D eigenvalue weighted by molar-refractivity contribution is -0.123. The normalized spacial score (nSPS) is 23.5. The van der Waals surface area contributed by atoms with Gasteiger partial charge >= 0.3 is 0 Å². The molecule has 1 aliphatic carbocycles. The molecule has 0 N–H and O–H groups in total. The summed E-state index contributed by atoms with van der Waals surface area (Å²) >= 11 is 6.01. The number of nitrogens with zero attached hydrogens (tertiary/aromatic N) is 2. The molecule has 5 rings (SSSR count). The van der Waals surface area contributed by atoms with Crippen LogP contribution in [-0.4, -0.2) is 30.7 Å². The van der Waals surface area contributed by atoms with Crippen molar-refractivity contribution in [2.45, 2.75) is 49.6 Å². The third-order valence-electron chi connectivity index (χ3n) is 5.30. The molecule has 0 spiro atoms. The van der Waals surface area contributed by atoms with E-state index < -0.39 is 16.1 Å². The van der Waals surface area contributed by atoms with Gasteiger partial charge in [0.15, 0.2) is 5.78 Å². The maximum atomic E-state index is 13.5. The quantitative estimate of drug-likeness (QED) is 0.777. The fraction of sp³-hybridized carbons (Fsp3) is 0.350. The van der Waals surface area contributed by atoms with Gasteiger partial charge in [0.05, 0.1) is 16.6 Å². The number of benzene rings is 2. The summed E-state index contributed by atoms with van der Waals surface area (Å²) in [4.78, 5) is 12.9. The third kappa shape index (κ3) is 3.26. The van der Waals surface area contributed by atoms with Gasteiger partial charge in [-0.2, -0.15) is 0 Å². The van der Waals surface area contributed by atoms with Crippen LogP contribution in [0.5, 0.6) is 0 Å². The Hall–Kier alpha value is -1.89. The predicted molar refractivity (Wildman–Crippen MR) is 105 cm³/mol. The lowest BCUT2D eigenvalue weighted by Crippen LogP contribution is -2.61. The zero-order valence-corrected chi connectivity index (χ0v) is 16.6. The molecule has 2 atom stereocenters. The number of Topliss-reactive ketones (excluding diaryl/α,β-unsaturated/α-hetero) is 1. The summed E-state index contributed by atoms with van der Waals surface area (Å²) in [5.74, 6) is 0.0998. The van der Waals surface area contributed by atoms with Crippen molar-refractivity contribution in [2.24, 2.45) is 0 Å². The first-order chi connectivity index (χ1) is 12.9. The fourth-order valence-corrected chi connectivity index (χ4v) is 5.79. The van der Waals surface area contributed by atoms with E-state index in [9.17, 15) is 13.2 Å². The molecule has 0 radical (unpaired) electrons. The zero-order valence-electron chi connectivity index (χ0n) is 15.0. The van der Waals surface area contributed by atoms with Crippen molar-refractivity contribution in [3.63, 3.8) is 0 Å². The molecular weight excluding hydrogens is 384 g/mol. The monoisotopic (exact) mass is 404 g/mol. The number of hydrogen-bond acceptors (Lipinski definition) is 4. The first kappa shape index (κ1) is 18.5. The highest BCUT2D eigenvalue weighted by Crippen LogP contribution is 2.39. The topological polar surface area (TPSA) is 57.7 Å². The maximum absolute atomic E-state index is 13.5. The molecule has 0 aromatic heterocycles. The van der Waals surface area contributed by atoms with Crippen molar-refractivity contribution in [3.8, 4) is 0 Å². The van der Waals surface area contributed by atoms with Gasteiger partial charge in [0.25, 0.3) is 10.0 Å². The number of hydrazine groups is 1. The highest BCUT2D eigenvalue weighted by molar-refractivity contribution is 7.89. The lowest BCUT2D eigenvalue weighted by Gasteiger charge is -2.45. The number of fused-ring (bicyclic) bond motifs is 4. The van der Waals surface area contributed by atoms with E-state index in [1.54, 1.807) is 53.5 Å². The van der Waals surface area contributed by atoms with Crippen molar-refractivity contribution < 1.29 is 13.2 Å². The number of aryl methyl sites for hydroxylation is 1. The van der Waals surface area contributed by atoms with Crippen LogP contribution in [0.2, 0.25) is 5.02 Å². The van der Waals surface area contributed by atoms with Crippen LogP contribution in [0, 0.1) is 6.92 Å². The molecule has 2 aliphatic heterocycles. The minimum absolute atomic E-state index is 0.0998. The first-order valence-electron chi connectivity index (χ1n) is 9.06. The van der Waals surface area contributed by atoms with Gasteiger partial charge in [-0.1, -0.05) is 29.3 Å². The molecule has 27 heavy (non-hydrogen) atoms. The Morgan fingerprint density at radius 1 is 1.00 bits per heavy atom. The van der Waals surface area contributed by atoms with Crippen molar-refractivity contribution in [1.82, 2.24) is 4.41 Å². The molecule has 5 nitrogen and oxygen atoms in total. The zero-order chi connectivity index (χ0) is 19.2. The van der Waals surface area contributed by atoms with E-state index >= 15 is 0 Å². The molecule has 1 saturated carbocycles. The van der Waals surface area contributed by atoms with Gasteiger partial charge in [0, 0.05) is 11.4 Å². The van der Waals surface area contributed by atoms with E-state index in [4.69, 9.17) is 11.6 Å². The van der Waals surface area contributed by atoms with Crippen LogP contribution < -0.4 is 5.01 Å². The summed E-state index contributed by atoms with van der Waals surface area (Å²) in [6.07, 6.45) is 2.42.